The van der Waals surface area contributed by atoms with Crippen molar-refractivity contribution in [1.82, 2.24) is 4.31 Å². The molecular formula is C18H22N2O3S. The lowest BCUT2D eigenvalue weighted by Gasteiger charge is -2.35. The summed E-state index contributed by atoms with van der Waals surface area (Å²) in [6, 6.07) is 16.8. The van der Waals surface area contributed by atoms with E-state index in [4.69, 9.17) is 0 Å². The fourth-order valence-corrected chi connectivity index (χ4v) is 4.41. The topological polar surface area (TPSA) is 60.9 Å². The maximum Gasteiger partial charge on any atom is 0.214 e. The molecule has 0 bridgehead atoms. The van der Waals surface area contributed by atoms with Crippen molar-refractivity contribution in [1.29, 1.82) is 0 Å². The van der Waals surface area contributed by atoms with E-state index in [0.29, 0.717) is 32.6 Å². The zero-order valence-electron chi connectivity index (χ0n) is 13.5. The molecule has 5 nitrogen and oxygen atoms in total. The van der Waals surface area contributed by atoms with Crippen molar-refractivity contribution in [2.24, 2.45) is 0 Å². The number of hydrogen-bond donors (Lipinski definition) is 1. The molecule has 0 spiro atoms. The lowest BCUT2D eigenvalue weighted by molar-refractivity contribution is 0.384. The monoisotopic (exact) mass is 346 g/mol. The molecule has 2 aromatic rings. The maximum absolute atomic E-state index is 12.5. The van der Waals surface area contributed by atoms with Gasteiger partial charge in [0, 0.05) is 37.9 Å². The highest BCUT2D eigenvalue weighted by molar-refractivity contribution is 7.89. The summed E-state index contributed by atoms with van der Waals surface area (Å²) in [6.07, 6.45) is 0.538. The lowest BCUT2D eigenvalue weighted by atomic mass is 10.2. The Morgan fingerprint density at radius 3 is 2.29 bits per heavy atom. The van der Waals surface area contributed by atoms with Crippen molar-refractivity contribution in [3.8, 4) is 5.75 Å². The molecule has 24 heavy (non-hydrogen) atoms. The largest absolute Gasteiger partial charge is 0.508 e. The lowest BCUT2D eigenvalue weighted by Crippen LogP contribution is -2.49. The average Bonchev–Trinajstić information content (AvgIpc) is 2.61. The van der Waals surface area contributed by atoms with Gasteiger partial charge in [-0.05, 0) is 24.1 Å². The molecule has 1 saturated heterocycles. The molecule has 0 saturated carbocycles. The van der Waals surface area contributed by atoms with Gasteiger partial charge in [-0.2, -0.15) is 4.31 Å². The van der Waals surface area contributed by atoms with Gasteiger partial charge in [-0.1, -0.05) is 36.4 Å². The molecule has 1 aliphatic rings. The predicted octanol–water partition coefficient (Wildman–Crippen LogP) is 2.09. The van der Waals surface area contributed by atoms with Crippen LogP contribution in [0.15, 0.2) is 54.6 Å². The van der Waals surface area contributed by atoms with Crippen molar-refractivity contribution in [2.45, 2.75) is 6.42 Å². The molecule has 1 aliphatic heterocycles. The molecule has 0 radical (unpaired) electrons. The highest BCUT2D eigenvalue weighted by Crippen LogP contribution is 2.22. The second-order valence-electron chi connectivity index (χ2n) is 5.96. The summed E-state index contributed by atoms with van der Waals surface area (Å²) in [5, 5.41) is 9.57. The summed E-state index contributed by atoms with van der Waals surface area (Å²) in [4.78, 5) is 2.10. The number of aryl methyl sites for hydroxylation is 1. The van der Waals surface area contributed by atoms with Gasteiger partial charge in [0.15, 0.2) is 0 Å². The van der Waals surface area contributed by atoms with Crippen molar-refractivity contribution in [3.05, 3.63) is 60.2 Å². The van der Waals surface area contributed by atoms with Crippen LogP contribution in [0.1, 0.15) is 5.56 Å². The highest BCUT2D eigenvalue weighted by Gasteiger charge is 2.26. The summed E-state index contributed by atoms with van der Waals surface area (Å²) < 4.78 is 26.6. The van der Waals surface area contributed by atoms with Gasteiger partial charge in [0.1, 0.15) is 5.75 Å². The van der Waals surface area contributed by atoms with Crippen molar-refractivity contribution in [2.75, 3.05) is 36.8 Å². The summed E-state index contributed by atoms with van der Waals surface area (Å²) in [5.74, 6) is 0.369. The summed E-state index contributed by atoms with van der Waals surface area (Å²) in [7, 11) is -3.24. The van der Waals surface area contributed by atoms with Gasteiger partial charge in [0.25, 0.3) is 0 Å². The summed E-state index contributed by atoms with van der Waals surface area (Å²) in [5.41, 5.74) is 1.97. The van der Waals surface area contributed by atoms with Crippen LogP contribution in [-0.2, 0) is 16.4 Å². The molecule has 0 aliphatic carbocycles. The minimum absolute atomic E-state index is 0.142. The molecular weight excluding hydrogens is 324 g/mol. The zero-order valence-corrected chi connectivity index (χ0v) is 14.3. The average molecular weight is 346 g/mol. The smallest absolute Gasteiger partial charge is 0.214 e. The standard InChI is InChI=1S/C18H22N2O3S/c21-18-8-4-7-17(15-18)19-10-12-20(13-11-19)24(22,23)14-9-16-5-2-1-3-6-16/h1-8,15,21H,9-14H2. The van der Waals surface area contributed by atoms with E-state index >= 15 is 0 Å². The number of sulfonamides is 1. The summed E-state index contributed by atoms with van der Waals surface area (Å²) in [6.45, 7) is 2.22. The molecule has 6 heteroatoms. The van der Waals surface area contributed by atoms with Crippen LogP contribution in [0.3, 0.4) is 0 Å². The number of rotatable bonds is 5. The first-order chi connectivity index (χ1) is 11.5. The third-order valence-electron chi connectivity index (χ3n) is 4.32. The van der Waals surface area contributed by atoms with E-state index < -0.39 is 10.0 Å². The quantitative estimate of drug-likeness (QED) is 0.900. The fraction of sp³-hybridized carbons (Fsp3) is 0.333. The highest BCUT2D eigenvalue weighted by atomic mass is 32.2. The van der Waals surface area contributed by atoms with E-state index in [1.54, 1.807) is 22.5 Å². The normalized spacial score (nSPS) is 16.2. The van der Waals surface area contributed by atoms with E-state index in [2.05, 4.69) is 4.90 Å². The third-order valence-corrected chi connectivity index (χ3v) is 6.19. The Hall–Kier alpha value is -2.05. The van der Waals surface area contributed by atoms with E-state index in [-0.39, 0.29) is 11.5 Å². The van der Waals surface area contributed by atoms with Gasteiger partial charge < -0.3 is 10.0 Å². The van der Waals surface area contributed by atoms with E-state index in [1.807, 2.05) is 36.4 Å². The third kappa shape index (κ3) is 4.07. The van der Waals surface area contributed by atoms with Gasteiger partial charge in [0.2, 0.25) is 10.0 Å². The summed E-state index contributed by atoms with van der Waals surface area (Å²) >= 11 is 0. The Bertz CT molecular complexity index is 770. The van der Waals surface area contributed by atoms with Crippen LogP contribution in [0.5, 0.6) is 5.75 Å². The molecule has 0 aromatic heterocycles. The van der Waals surface area contributed by atoms with Crippen LogP contribution in [0.4, 0.5) is 5.69 Å². The van der Waals surface area contributed by atoms with Crippen LogP contribution in [-0.4, -0.2) is 49.8 Å². The minimum Gasteiger partial charge on any atom is -0.508 e. The maximum atomic E-state index is 12.5. The first-order valence-corrected chi connectivity index (χ1v) is 9.71. The fourth-order valence-electron chi connectivity index (χ4n) is 2.93. The van der Waals surface area contributed by atoms with Crippen molar-refractivity contribution >= 4 is 15.7 Å². The first kappa shape index (κ1) is 16.8. The molecule has 3 rings (SSSR count). The molecule has 0 amide bonds. The van der Waals surface area contributed by atoms with Crippen LogP contribution in [0, 0.1) is 0 Å². The van der Waals surface area contributed by atoms with Gasteiger partial charge in [-0.25, -0.2) is 8.42 Å². The molecule has 1 N–H and O–H groups in total. The van der Waals surface area contributed by atoms with Crippen LogP contribution >= 0.6 is 0 Å². The number of phenols is 1. The molecule has 2 aromatic carbocycles. The SMILES string of the molecule is O=S(=O)(CCc1ccccc1)N1CCN(c2cccc(O)c2)CC1. The number of anilines is 1. The Labute approximate surface area is 143 Å². The second-order valence-corrected chi connectivity index (χ2v) is 8.05. The van der Waals surface area contributed by atoms with Crippen molar-refractivity contribution in [3.63, 3.8) is 0 Å². The molecule has 1 heterocycles. The second kappa shape index (κ2) is 7.23. The van der Waals surface area contributed by atoms with Gasteiger partial charge >= 0.3 is 0 Å². The van der Waals surface area contributed by atoms with Gasteiger partial charge in [-0.15, -0.1) is 0 Å². The molecule has 0 atom stereocenters. The predicted molar refractivity (Wildman–Crippen MR) is 95.8 cm³/mol. The molecule has 0 unspecified atom stereocenters. The Kier molecular flexibility index (Phi) is 5.06. The van der Waals surface area contributed by atoms with Crippen LogP contribution < -0.4 is 4.90 Å². The molecule has 128 valence electrons. The Morgan fingerprint density at radius 2 is 1.62 bits per heavy atom. The number of aromatic hydroxyl groups is 1. The van der Waals surface area contributed by atoms with E-state index in [1.165, 1.54) is 0 Å². The Balaban J connectivity index is 1.57. The van der Waals surface area contributed by atoms with E-state index in [9.17, 15) is 13.5 Å². The van der Waals surface area contributed by atoms with Crippen LogP contribution in [0.25, 0.3) is 0 Å². The van der Waals surface area contributed by atoms with Gasteiger partial charge in [-0.3, -0.25) is 0 Å². The zero-order chi connectivity index (χ0) is 17.0. The van der Waals surface area contributed by atoms with Crippen LogP contribution in [0.2, 0.25) is 0 Å². The number of hydrogen-bond acceptors (Lipinski definition) is 4. The Morgan fingerprint density at radius 1 is 0.917 bits per heavy atom. The number of piperazine rings is 1. The first-order valence-electron chi connectivity index (χ1n) is 8.10. The number of phenolic OH excluding ortho intramolecular Hbond substituents is 1. The number of benzene rings is 2. The van der Waals surface area contributed by atoms with E-state index in [0.717, 1.165) is 11.3 Å². The van der Waals surface area contributed by atoms with Gasteiger partial charge in [0.05, 0.1) is 5.75 Å². The van der Waals surface area contributed by atoms with Crippen molar-refractivity contribution < 1.29 is 13.5 Å². The number of nitrogens with zero attached hydrogens (tertiary/aromatic N) is 2. The minimum atomic E-state index is -3.24. The molecule has 1 fully saturated rings.